The highest BCUT2D eigenvalue weighted by molar-refractivity contribution is 7.20. The third kappa shape index (κ3) is 3.59. The van der Waals surface area contributed by atoms with Crippen molar-refractivity contribution in [2.45, 2.75) is 38.8 Å². The van der Waals surface area contributed by atoms with Crippen molar-refractivity contribution in [3.05, 3.63) is 40.6 Å². The zero-order valence-corrected chi connectivity index (χ0v) is 18.9. The van der Waals surface area contributed by atoms with Crippen molar-refractivity contribution in [3.63, 3.8) is 0 Å². The Morgan fingerprint density at radius 1 is 1.10 bits per heavy atom. The zero-order valence-electron chi connectivity index (χ0n) is 18.1. The van der Waals surface area contributed by atoms with Crippen LogP contribution in [0.25, 0.3) is 27.1 Å². The Hall–Kier alpha value is -2.85. The third-order valence-electron chi connectivity index (χ3n) is 5.33. The summed E-state index contributed by atoms with van der Waals surface area (Å²) in [5.41, 5.74) is 0.776. The smallest absolute Gasteiger partial charge is 0.275 e. The van der Waals surface area contributed by atoms with Gasteiger partial charge in [-0.1, -0.05) is 11.3 Å². The highest BCUT2D eigenvalue weighted by Crippen LogP contribution is 2.30. The van der Waals surface area contributed by atoms with Crippen molar-refractivity contribution < 1.29 is 4.39 Å². The molecule has 5 rings (SSSR count). The van der Waals surface area contributed by atoms with E-state index in [1.54, 1.807) is 24.0 Å². The minimum atomic E-state index is -0.439. The number of hydrogen-bond acceptors (Lipinski definition) is 7. The molecule has 0 atom stereocenters. The molecule has 1 fully saturated rings. The van der Waals surface area contributed by atoms with Crippen molar-refractivity contribution in [2.75, 3.05) is 18.0 Å². The maximum absolute atomic E-state index is 14.5. The summed E-state index contributed by atoms with van der Waals surface area (Å²) in [6.07, 6.45) is 1.74. The number of nitrogens with zero attached hydrogens (tertiary/aromatic N) is 6. The Kier molecular flexibility index (Phi) is 4.26. The maximum Gasteiger partial charge on any atom is 0.275 e. The van der Waals surface area contributed by atoms with Crippen molar-refractivity contribution in [2.24, 2.45) is 7.05 Å². The van der Waals surface area contributed by atoms with Crippen LogP contribution >= 0.6 is 11.3 Å². The highest BCUT2D eigenvalue weighted by atomic mass is 32.1. The second-order valence-electron chi connectivity index (χ2n) is 9.51. The van der Waals surface area contributed by atoms with Crippen LogP contribution in [0.4, 0.5) is 9.52 Å². The number of halogens is 1. The predicted molar refractivity (Wildman–Crippen MR) is 120 cm³/mol. The van der Waals surface area contributed by atoms with Gasteiger partial charge in [0.15, 0.2) is 5.82 Å². The SMILES string of the molecule is Cn1cc2cc(-c3cc(=O)n4nc(N5CC(C)(C)NC(C)(C)C5)sc4n3)cc(F)c2n1. The van der Waals surface area contributed by atoms with Gasteiger partial charge in [-0.2, -0.15) is 9.61 Å². The van der Waals surface area contributed by atoms with Crippen LogP contribution in [0.5, 0.6) is 0 Å². The Morgan fingerprint density at radius 3 is 2.52 bits per heavy atom. The van der Waals surface area contributed by atoms with Gasteiger partial charge in [0.25, 0.3) is 5.56 Å². The summed E-state index contributed by atoms with van der Waals surface area (Å²) in [5, 5.41) is 13.7. The molecular weight excluding hydrogens is 417 g/mol. The number of nitrogens with one attached hydrogen (secondary N) is 1. The summed E-state index contributed by atoms with van der Waals surface area (Å²) in [5.74, 6) is -0.439. The number of anilines is 1. The monoisotopic (exact) mass is 441 g/mol. The maximum atomic E-state index is 14.5. The Bertz CT molecular complexity index is 1370. The molecule has 162 valence electrons. The lowest BCUT2D eigenvalue weighted by Gasteiger charge is -2.48. The van der Waals surface area contributed by atoms with Crippen LogP contribution in [0.3, 0.4) is 0 Å². The van der Waals surface area contributed by atoms with Crippen LogP contribution in [-0.4, -0.2) is 48.5 Å². The standard InChI is InChI=1S/C21H24FN7OS/c1-20(2)10-28(11-21(3,4)26-20)19-25-29-16(30)8-15(23-18(29)31-19)12-6-13-9-27(5)24-17(13)14(22)7-12/h6-9,26H,10-11H2,1-5H3. The van der Waals surface area contributed by atoms with E-state index in [-0.39, 0.29) is 16.6 Å². The van der Waals surface area contributed by atoms with E-state index >= 15 is 0 Å². The predicted octanol–water partition coefficient (Wildman–Crippen LogP) is 2.81. The summed E-state index contributed by atoms with van der Waals surface area (Å²) in [6, 6.07) is 4.57. The summed E-state index contributed by atoms with van der Waals surface area (Å²) in [6.45, 7) is 10.1. The third-order valence-corrected chi connectivity index (χ3v) is 6.30. The first-order valence-electron chi connectivity index (χ1n) is 10.1. The summed E-state index contributed by atoms with van der Waals surface area (Å²) >= 11 is 1.37. The second-order valence-corrected chi connectivity index (χ2v) is 10.4. The molecule has 8 nitrogen and oxygen atoms in total. The van der Waals surface area contributed by atoms with E-state index < -0.39 is 5.82 Å². The number of aromatic nitrogens is 5. The average molecular weight is 442 g/mol. The highest BCUT2D eigenvalue weighted by Gasteiger charge is 2.37. The van der Waals surface area contributed by atoms with Gasteiger partial charge in [-0.05, 0) is 39.8 Å². The lowest BCUT2D eigenvalue weighted by molar-refractivity contribution is 0.226. The molecule has 10 heteroatoms. The number of aryl methyl sites for hydroxylation is 1. The van der Waals surface area contributed by atoms with E-state index in [1.165, 1.54) is 28.0 Å². The molecule has 31 heavy (non-hydrogen) atoms. The molecule has 0 aliphatic carbocycles. The Balaban J connectivity index is 1.59. The van der Waals surface area contributed by atoms with Crippen LogP contribution in [0.2, 0.25) is 0 Å². The molecule has 4 heterocycles. The minimum absolute atomic E-state index is 0.0974. The molecule has 0 amide bonds. The van der Waals surface area contributed by atoms with Crippen LogP contribution in [0.15, 0.2) is 29.2 Å². The number of fused-ring (bicyclic) bond motifs is 2. The fourth-order valence-corrected chi connectivity index (χ4v) is 5.48. The van der Waals surface area contributed by atoms with Crippen LogP contribution < -0.4 is 15.8 Å². The van der Waals surface area contributed by atoms with Gasteiger partial charge in [-0.15, -0.1) is 5.10 Å². The van der Waals surface area contributed by atoms with Crippen LogP contribution in [-0.2, 0) is 7.05 Å². The van der Waals surface area contributed by atoms with E-state index in [0.717, 1.165) is 18.2 Å². The number of piperazine rings is 1. The molecule has 1 aliphatic rings. The van der Waals surface area contributed by atoms with Crippen molar-refractivity contribution >= 4 is 32.3 Å². The fraction of sp³-hybridized carbons (Fsp3) is 0.429. The molecule has 0 bridgehead atoms. The first kappa shape index (κ1) is 20.1. The topological polar surface area (TPSA) is 80.4 Å². The minimum Gasteiger partial charge on any atom is -0.343 e. The van der Waals surface area contributed by atoms with Crippen LogP contribution in [0.1, 0.15) is 27.7 Å². The largest absolute Gasteiger partial charge is 0.343 e. The van der Waals surface area contributed by atoms with Gasteiger partial charge in [-0.25, -0.2) is 9.37 Å². The van der Waals surface area contributed by atoms with Crippen molar-refractivity contribution in [1.29, 1.82) is 0 Å². The van der Waals surface area contributed by atoms with Gasteiger partial charge >= 0.3 is 0 Å². The van der Waals surface area contributed by atoms with Crippen molar-refractivity contribution in [3.8, 4) is 11.3 Å². The molecule has 3 aromatic heterocycles. The molecule has 1 aromatic carbocycles. The lowest BCUT2D eigenvalue weighted by Crippen LogP contribution is -2.67. The van der Waals surface area contributed by atoms with Gasteiger partial charge in [0.1, 0.15) is 5.52 Å². The number of benzene rings is 1. The first-order valence-corrected chi connectivity index (χ1v) is 10.9. The van der Waals surface area contributed by atoms with Gasteiger partial charge < -0.3 is 10.2 Å². The molecular formula is C21H24FN7OS. The average Bonchev–Trinajstić information content (AvgIpc) is 3.22. The summed E-state index contributed by atoms with van der Waals surface area (Å²) in [4.78, 5) is 20.1. The van der Waals surface area contributed by atoms with Gasteiger partial charge in [0.2, 0.25) is 10.1 Å². The van der Waals surface area contributed by atoms with Gasteiger partial charge in [0.05, 0.1) is 5.69 Å². The quantitative estimate of drug-likeness (QED) is 0.515. The molecule has 0 radical (unpaired) electrons. The molecule has 1 aliphatic heterocycles. The number of hydrogen-bond donors (Lipinski definition) is 1. The Morgan fingerprint density at radius 2 is 1.81 bits per heavy atom. The Labute approximate surface area is 182 Å². The van der Waals surface area contributed by atoms with E-state index in [1.807, 2.05) is 0 Å². The summed E-state index contributed by atoms with van der Waals surface area (Å²) in [7, 11) is 1.74. The van der Waals surface area contributed by atoms with E-state index in [2.05, 4.69) is 53.1 Å². The molecule has 1 N–H and O–H groups in total. The lowest BCUT2D eigenvalue weighted by atomic mass is 9.92. The number of rotatable bonds is 2. The molecule has 0 spiro atoms. The molecule has 4 aromatic rings. The molecule has 1 saturated heterocycles. The zero-order chi connectivity index (χ0) is 22.1. The van der Waals surface area contributed by atoms with Crippen LogP contribution in [0, 0.1) is 5.82 Å². The van der Waals surface area contributed by atoms with Gasteiger partial charge in [0, 0.05) is 54.4 Å². The molecule has 0 unspecified atom stereocenters. The first-order chi connectivity index (χ1) is 14.5. The fourth-order valence-electron chi connectivity index (χ4n) is 4.58. The second kappa shape index (κ2) is 6.57. The van der Waals surface area contributed by atoms with E-state index in [9.17, 15) is 9.18 Å². The van der Waals surface area contributed by atoms with E-state index in [4.69, 9.17) is 0 Å². The normalized spacial score (nSPS) is 18.2. The van der Waals surface area contributed by atoms with Gasteiger partial charge in [-0.3, -0.25) is 9.48 Å². The van der Waals surface area contributed by atoms with E-state index in [0.29, 0.717) is 27.1 Å². The molecule has 0 saturated carbocycles. The summed E-state index contributed by atoms with van der Waals surface area (Å²) < 4.78 is 17.4. The van der Waals surface area contributed by atoms with Crippen molar-refractivity contribution in [1.82, 2.24) is 29.7 Å².